The Kier molecular flexibility index (Phi) is 10.7. The lowest BCUT2D eigenvalue weighted by Crippen LogP contribution is -2.29. The van der Waals surface area contributed by atoms with Crippen molar-refractivity contribution in [2.75, 3.05) is 64.7 Å². The summed E-state index contributed by atoms with van der Waals surface area (Å²) in [5.74, 6) is -0.405. The highest BCUT2D eigenvalue weighted by molar-refractivity contribution is 7.16. The summed E-state index contributed by atoms with van der Waals surface area (Å²) in [7, 11) is 1.62. The van der Waals surface area contributed by atoms with E-state index in [1.54, 1.807) is 24.5 Å². The first-order valence-corrected chi connectivity index (χ1v) is 13.9. The lowest BCUT2D eigenvalue weighted by molar-refractivity contribution is -0.117. The molecule has 1 aromatic heterocycles. The van der Waals surface area contributed by atoms with Gasteiger partial charge >= 0.3 is 0 Å². The molecule has 2 heterocycles. The smallest absolute Gasteiger partial charge is 0.262 e. The molecule has 1 fully saturated rings. The van der Waals surface area contributed by atoms with Crippen molar-refractivity contribution in [3.05, 3.63) is 59.0 Å². The van der Waals surface area contributed by atoms with Crippen molar-refractivity contribution >= 4 is 39.8 Å². The average molecular weight is 534 g/mol. The van der Waals surface area contributed by atoms with Crippen molar-refractivity contribution in [3.63, 3.8) is 0 Å². The van der Waals surface area contributed by atoms with Gasteiger partial charge in [0.2, 0.25) is 0 Å². The number of nitriles is 1. The number of amides is 1. The van der Waals surface area contributed by atoms with Crippen LogP contribution in [0, 0.1) is 11.3 Å². The van der Waals surface area contributed by atoms with Gasteiger partial charge in [-0.2, -0.15) is 5.26 Å². The molecule has 0 spiro atoms. The van der Waals surface area contributed by atoms with Crippen LogP contribution < -0.4 is 10.2 Å². The molecule has 1 aliphatic rings. The van der Waals surface area contributed by atoms with Crippen LogP contribution in [0.4, 0.5) is 5.69 Å². The molecule has 2 aromatic carbocycles. The summed E-state index contributed by atoms with van der Waals surface area (Å²) in [5, 5.41) is 14.7. The van der Waals surface area contributed by atoms with Crippen LogP contribution in [-0.4, -0.2) is 65.7 Å². The van der Waals surface area contributed by atoms with Crippen LogP contribution >= 0.6 is 11.3 Å². The number of ether oxygens (including phenoxy) is 3. The fourth-order valence-electron chi connectivity index (χ4n) is 4.41. The molecule has 3 aromatic rings. The Morgan fingerprint density at radius 3 is 2.50 bits per heavy atom. The molecule has 1 amide bonds. The zero-order valence-corrected chi connectivity index (χ0v) is 22.7. The molecule has 200 valence electrons. The molecule has 1 saturated heterocycles. The Hall–Kier alpha value is -3.22. The first-order valence-electron chi connectivity index (χ1n) is 13.1. The maximum absolute atomic E-state index is 12.5. The highest BCUT2D eigenvalue weighted by atomic mass is 32.1. The van der Waals surface area contributed by atoms with Crippen molar-refractivity contribution in [1.29, 1.82) is 5.26 Å². The van der Waals surface area contributed by atoms with E-state index >= 15 is 0 Å². The molecule has 38 heavy (non-hydrogen) atoms. The van der Waals surface area contributed by atoms with Crippen LogP contribution in [-0.2, 0) is 19.0 Å². The molecular formula is C30H35N3O4S. The Balaban J connectivity index is 1.32. The second-order valence-electron chi connectivity index (χ2n) is 9.14. The summed E-state index contributed by atoms with van der Waals surface area (Å²) in [4.78, 5) is 16.9. The fraction of sp³-hybridized carbons (Fsp3) is 0.400. The van der Waals surface area contributed by atoms with Crippen LogP contribution in [0.1, 0.15) is 24.1 Å². The van der Waals surface area contributed by atoms with Gasteiger partial charge in [0.25, 0.3) is 5.91 Å². The van der Waals surface area contributed by atoms with Gasteiger partial charge in [-0.25, -0.2) is 0 Å². The maximum atomic E-state index is 12.5. The molecule has 0 atom stereocenters. The number of hydrogen-bond acceptors (Lipinski definition) is 7. The van der Waals surface area contributed by atoms with E-state index < -0.39 is 5.91 Å². The number of carbonyl (C=O) groups excluding carboxylic acids is 1. The second-order valence-corrected chi connectivity index (χ2v) is 10.3. The molecule has 4 rings (SSSR count). The first kappa shape index (κ1) is 27.8. The van der Waals surface area contributed by atoms with E-state index in [2.05, 4.69) is 46.6 Å². The molecule has 1 N–H and O–H groups in total. The van der Waals surface area contributed by atoms with E-state index in [1.165, 1.54) is 35.7 Å². The topological polar surface area (TPSA) is 83.8 Å². The van der Waals surface area contributed by atoms with E-state index in [1.807, 2.05) is 18.2 Å². The van der Waals surface area contributed by atoms with Crippen molar-refractivity contribution in [1.82, 2.24) is 5.32 Å². The Morgan fingerprint density at radius 2 is 1.71 bits per heavy atom. The number of carbonyl (C=O) groups is 1. The number of nitrogens with one attached hydrogen (secondary N) is 1. The number of fused-ring (bicyclic) bond motifs is 1. The van der Waals surface area contributed by atoms with Gasteiger partial charge < -0.3 is 24.4 Å². The number of hydrogen-bond donors (Lipinski definition) is 1. The summed E-state index contributed by atoms with van der Waals surface area (Å²) in [6, 6.07) is 19.2. The van der Waals surface area contributed by atoms with E-state index in [9.17, 15) is 10.1 Å². The lowest BCUT2D eigenvalue weighted by atomic mass is 10.0. The minimum Gasteiger partial charge on any atom is -0.382 e. The number of benzene rings is 2. The third kappa shape index (κ3) is 7.89. The molecular weight excluding hydrogens is 498 g/mol. The van der Waals surface area contributed by atoms with E-state index in [-0.39, 0.29) is 5.57 Å². The third-order valence-corrected chi connectivity index (χ3v) is 7.53. The van der Waals surface area contributed by atoms with Gasteiger partial charge in [0.1, 0.15) is 11.6 Å². The van der Waals surface area contributed by atoms with Crippen LogP contribution in [0.15, 0.2) is 54.1 Å². The van der Waals surface area contributed by atoms with Gasteiger partial charge in [0.05, 0.1) is 33.0 Å². The average Bonchev–Trinajstić information content (AvgIpc) is 3.43. The van der Waals surface area contributed by atoms with Gasteiger partial charge in [-0.1, -0.05) is 18.2 Å². The number of anilines is 1. The summed E-state index contributed by atoms with van der Waals surface area (Å²) in [6.45, 7) is 4.92. The van der Waals surface area contributed by atoms with Crippen LogP contribution in [0.25, 0.3) is 27.3 Å². The van der Waals surface area contributed by atoms with E-state index in [4.69, 9.17) is 14.2 Å². The Morgan fingerprint density at radius 1 is 0.974 bits per heavy atom. The van der Waals surface area contributed by atoms with E-state index in [0.717, 1.165) is 28.4 Å². The largest absolute Gasteiger partial charge is 0.382 e. The molecule has 0 bridgehead atoms. The standard InChI is InChI=1S/C30H35N3O4S/c1-35-15-16-37-18-17-36-14-11-32-30(34)26(22-31)21-28-9-10-29(38-28)25-6-5-24-20-27(8-7-23(24)19-25)33-12-3-2-4-13-33/h5-10,19-21H,2-4,11-18H2,1H3,(H,32,34)/b26-21-. The normalized spacial score (nSPS) is 14.0. The quantitative estimate of drug-likeness (QED) is 0.183. The van der Waals surface area contributed by atoms with Crippen LogP contribution in [0.2, 0.25) is 0 Å². The lowest BCUT2D eigenvalue weighted by Gasteiger charge is -2.29. The highest BCUT2D eigenvalue weighted by Crippen LogP contribution is 2.33. The molecule has 8 heteroatoms. The number of thiophene rings is 1. The van der Waals surface area contributed by atoms with Crippen molar-refractivity contribution in [2.24, 2.45) is 0 Å². The van der Waals surface area contributed by atoms with Gasteiger partial charge in [-0.3, -0.25) is 4.79 Å². The van der Waals surface area contributed by atoms with Crippen molar-refractivity contribution in [2.45, 2.75) is 19.3 Å². The molecule has 0 saturated carbocycles. The first-order chi connectivity index (χ1) is 18.7. The third-order valence-electron chi connectivity index (χ3n) is 6.44. The van der Waals surface area contributed by atoms with E-state index in [0.29, 0.717) is 39.6 Å². The zero-order chi connectivity index (χ0) is 26.6. The molecule has 0 radical (unpaired) electrons. The predicted molar refractivity (Wildman–Crippen MR) is 153 cm³/mol. The van der Waals surface area contributed by atoms with Gasteiger partial charge in [0.15, 0.2) is 0 Å². The van der Waals surface area contributed by atoms with Gasteiger partial charge in [0, 0.05) is 42.2 Å². The van der Waals surface area contributed by atoms with Crippen LogP contribution in [0.5, 0.6) is 0 Å². The molecule has 7 nitrogen and oxygen atoms in total. The predicted octanol–water partition coefficient (Wildman–Crippen LogP) is 5.26. The summed E-state index contributed by atoms with van der Waals surface area (Å²) in [5.41, 5.74) is 2.50. The Labute approximate surface area is 228 Å². The number of nitrogens with zero attached hydrogens (tertiary/aromatic N) is 2. The maximum Gasteiger partial charge on any atom is 0.262 e. The second kappa shape index (κ2) is 14.6. The van der Waals surface area contributed by atoms with Crippen molar-refractivity contribution in [3.8, 4) is 16.5 Å². The minimum atomic E-state index is -0.405. The SMILES string of the molecule is COCCOCCOCCNC(=O)/C(C#N)=C\c1ccc(-c2ccc3cc(N4CCCCC4)ccc3c2)s1. The fourth-order valence-corrected chi connectivity index (χ4v) is 5.36. The molecule has 1 aliphatic heterocycles. The highest BCUT2D eigenvalue weighted by Gasteiger charge is 2.13. The zero-order valence-electron chi connectivity index (χ0n) is 21.9. The molecule has 0 unspecified atom stereocenters. The number of rotatable bonds is 13. The summed E-state index contributed by atoms with van der Waals surface area (Å²) < 4.78 is 15.7. The van der Waals surface area contributed by atoms with Crippen LogP contribution in [0.3, 0.4) is 0 Å². The summed E-state index contributed by atoms with van der Waals surface area (Å²) in [6.07, 6.45) is 5.50. The number of methoxy groups -OCH3 is 1. The minimum absolute atomic E-state index is 0.0741. The monoisotopic (exact) mass is 533 g/mol. The van der Waals surface area contributed by atoms with Gasteiger partial charge in [-0.15, -0.1) is 11.3 Å². The molecule has 0 aliphatic carbocycles. The van der Waals surface area contributed by atoms with Crippen molar-refractivity contribution < 1.29 is 19.0 Å². The summed E-state index contributed by atoms with van der Waals surface area (Å²) >= 11 is 1.56. The van der Waals surface area contributed by atoms with Gasteiger partial charge in [-0.05, 0) is 72.0 Å². The Bertz CT molecular complexity index is 1270. The number of piperidine rings is 1.